The third kappa shape index (κ3) is 2.78. The Labute approximate surface area is 109 Å². The first-order chi connectivity index (χ1) is 8.30. The van der Waals surface area contributed by atoms with Crippen LogP contribution in [-0.2, 0) is 16.0 Å². The molecule has 0 aromatic carbocycles. The molecule has 1 fully saturated rings. The van der Waals surface area contributed by atoms with Crippen LogP contribution in [0.3, 0.4) is 0 Å². The van der Waals surface area contributed by atoms with Crippen molar-refractivity contribution < 1.29 is 9.53 Å². The van der Waals surface area contributed by atoms with Crippen molar-refractivity contribution in [1.29, 1.82) is 0 Å². The van der Waals surface area contributed by atoms with Gasteiger partial charge in [-0.3, -0.25) is 9.78 Å². The van der Waals surface area contributed by atoms with Gasteiger partial charge in [-0.15, -0.1) is 0 Å². The Hall–Kier alpha value is -1.22. The molecule has 1 saturated heterocycles. The number of nitrogens with zero attached hydrogens (tertiary/aromatic N) is 1. The number of pyridine rings is 1. The van der Waals surface area contributed by atoms with Gasteiger partial charge in [0.15, 0.2) is 0 Å². The summed E-state index contributed by atoms with van der Waals surface area (Å²) in [5.41, 5.74) is 0.450. The lowest BCUT2D eigenvalue weighted by Crippen LogP contribution is -2.34. The molecule has 1 aliphatic heterocycles. The van der Waals surface area contributed by atoms with Gasteiger partial charge >= 0.3 is 0 Å². The van der Waals surface area contributed by atoms with Crippen molar-refractivity contribution in [3.05, 3.63) is 30.1 Å². The van der Waals surface area contributed by atoms with Gasteiger partial charge in [-0.2, -0.15) is 0 Å². The molecule has 1 atom stereocenters. The number of rotatable bonds is 3. The van der Waals surface area contributed by atoms with Crippen LogP contribution in [0.4, 0.5) is 0 Å². The summed E-state index contributed by atoms with van der Waals surface area (Å²) in [6.07, 6.45) is 4.71. The standard InChI is InChI=1S/C15H21NO2/c1-14(2)10-12(15(3,4)18-14)13(17)9-11-5-7-16-8-6-11/h5-8,12H,9-10H2,1-4H3. The average Bonchev–Trinajstić information content (AvgIpc) is 2.48. The third-order valence-electron chi connectivity index (χ3n) is 3.59. The first-order valence-corrected chi connectivity index (χ1v) is 6.42. The van der Waals surface area contributed by atoms with Crippen LogP contribution in [0, 0.1) is 5.92 Å². The minimum atomic E-state index is -0.367. The minimum absolute atomic E-state index is 0.0272. The Kier molecular flexibility index (Phi) is 3.28. The molecule has 1 unspecified atom stereocenters. The van der Waals surface area contributed by atoms with E-state index in [1.165, 1.54) is 0 Å². The summed E-state index contributed by atoms with van der Waals surface area (Å²) in [7, 11) is 0. The lowest BCUT2D eigenvalue weighted by atomic mass is 9.82. The molecule has 0 amide bonds. The van der Waals surface area contributed by atoms with Crippen LogP contribution in [0.2, 0.25) is 0 Å². The zero-order valence-corrected chi connectivity index (χ0v) is 11.6. The summed E-state index contributed by atoms with van der Waals surface area (Å²) >= 11 is 0. The molecule has 3 heteroatoms. The van der Waals surface area contributed by atoms with Crippen molar-refractivity contribution in [1.82, 2.24) is 4.98 Å². The highest BCUT2D eigenvalue weighted by Crippen LogP contribution is 2.42. The van der Waals surface area contributed by atoms with Crippen LogP contribution in [0.25, 0.3) is 0 Å². The van der Waals surface area contributed by atoms with E-state index in [1.807, 2.05) is 26.0 Å². The summed E-state index contributed by atoms with van der Waals surface area (Å²) < 4.78 is 5.97. The molecule has 1 aliphatic rings. The number of hydrogen-bond donors (Lipinski definition) is 0. The van der Waals surface area contributed by atoms with Crippen LogP contribution in [0.5, 0.6) is 0 Å². The van der Waals surface area contributed by atoms with Crippen LogP contribution < -0.4 is 0 Å². The molecule has 0 saturated carbocycles. The molecular weight excluding hydrogens is 226 g/mol. The normalized spacial score (nSPS) is 25.0. The average molecular weight is 247 g/mol. The van der Waals surface area contributed by atoms with Gasteiger partial charge in [0.25, 0.3) is 0 Å². The Morgan fingerprint density at radius 1 is 1.33 bits per heavy atom. The summed E-state index contributed by atoms with van der Waals surface area (Å²) in [6.45, 7) is 8.12. The van der Waals surface area contributed by atoms with Gasteiger partial charge < -0.3 is 4.74 Å². The highest BCUT2D eigenvalue weighted by atomic mass is 16.5. The predicted octanol–water partition coefficient (Wildman–Crippen LogP) is 2.79. The van der Waals surface area contributed by atoms with Crippen molar-refractivity contribution in [3.63, 3.8) is 0 Å². The van der Waals surface area contributed by atoms with Crippen molar-refractivity contribution >= 4 is 5.78 Å². The monoisotopic (exact) mass is 247 g/mol. The second-order valence-electron chi connectivity index (χ2n) is 6.22. The lowest BCUT2D eigenvalue weighted by molar-refractivity contribution is -0.128. The minimum Gasteiger partial charge on any atom is -0.369 e. The number of Topliss-reactive ketones (excluding diaryl/α,β-unsaturated/α-hetero) is 1. The van der Waals surface area contributed by atoms with Gasteiger partial charge in [0.1, 0.15) is 5.78 Å². The van der Waals surface area contributed by atoms with E-state index in [9.17, 15) is 4.79 Å². The van der Waals surface area contributed by atoms with E-state index in [-0.39, 0.29) is 22.9 Å². The summed E-state index contributed by atoms with van der Waals surface area (Å²) in [5.74, 6) is 0.234. The van der Waals surface area contributed by atoms with Crippen molar-refractivity contribution in [3.8, 4) is 0 Å². The zero-order valence-electron chi connectivity index (χ0n) is 11.6. The summed E-state index contributed by atoms with van der Waals surface area (Å²) in [4.78, 5) is 16.4. The van der Waals surface area contributed by atoms with Gasteiger partial charge in [0, 0.05) is 24.7 Å². The van der Waals surface area contributed by atoms with E-state index >= 15 is 0 Å². The van der Waals surface area contributed by atoms with Crippen molar-refractivity contribution in [2.75, 3.05) is 0 Å². The Balaban J connectivity index is 2.10. The van der Waals surface area contributed by atoms with Crippen LogP contribution in [0.1, 0.15) is 39.7 Å². The molecule has 0 aliphatic carbocycles. The fraction of sp³-hybridized carbons (Fsp3) is 0.600. The van der Waals surface area contributed by atoms with Crippen molar-refractivity contribution in [2.45, 2.75) is 51.7 Å². The molecule has 0 bridgehead atoms. The van der Waals surface area contributed by atoms with E-state index in [0.29, 0.717) is 6.42 Å². The van der Waals surface area contributed by atoms with E-state index in [1.54, 1.807) is 12.4 Å². The molecule has 0 radical (unpaired) electrons. The highest BCUT2D eigenvalue weighted by Gasteiger charge is 2.48. The first-order valence-electron chi connectivity index (χ1n) is 6.42. The van der Waals surface area contributed by atoms with Crippen molar-refractivity contribution in [2.24, 2.45) is 5.92 Å². The Bertz CT molecular complexity index is 437. The van der Waals surface area contributed by atoms with E-state index in [2.05, 4.69) is 18.8 Å². The summed E-state index contributed by atoms with van der Waals surface area (Å²) in [6, 6.07) is 3.79. The molecule has 1 aromatic rings. The number of carbonyl (C=O) groups excluding carboxylic acids is 1. The maximum atomic E-state index is 12.4. The zero-order chi connectivity index (χ0) is 13.4. The quantitative estimate of drug-likeness (QED) is 0.824. The van der Waals surface area contributed by atoms with Gasteiger partial charge in [-0.1, -0.05) is 0 Å². The molecule has 3 nitrogen and oxygen atoms in total. The lowest BCUT2D eigenvalue weighted by Gasteiger charge is -2.26. The van der Waals surface area contributed by atoms with Crippen LogP contribution in [0.15, 0.2) is 24.5 Å². The smallest absolute Gasteiger partial charge is 0.143 e. The molecule has 1 aromatic heterocycles. The highest BCUT2D eigenvalue weighted by molar-refractivity contribution is 5.84. The molecule has 0 spiro atoms. The maximum absolute atomic E-state index is 12.4. The SMILES string of the molecule is CC1(C)CC(C(=O)Cc2ccncc2)C(C)(C)O1. The number of ketones is 1. The topological polar surface area (TPSA) is 39.2 Å². The number of hydrogen-bond acceptors (Lipinski definition) is 3. The molecule has 0 N–H and O–H groups in total. The van der Waals surface area contributed by atoms with Gasteiger partial charge in [0.2, 0.25) is 0 Å². The summed E-state index contributed by atoms with van der Waals surface area (Å²) in [5, 5.41) is 0. The molecular formula is C15H21NO2. The molecule has 98 valence electrons. The largest absolute Gasteiger partial charge is 0.369 e. The first kappa shape index (κ1) is 13.2. The number of carbonyl (C=O) groups is 1. The van der Waals surface area contributed by atoms with Gasteiger partial charge in [-0.05, 0) is 51.8 Å². The van der Waals surface area contributed by atoms with Crippen LogP contribution in [-0.4, -0.2) is 22.0 Å². The predicted molar refractivity (Wildman–Crippen MR) is 70.3 cm³/mol. The van der Waals surface area contributed by atoms with E-state index in [0.717, 1.165) is 12.0 Å². The third-order valence-corrected chi connectivity index (χ3v) is 3.59. The van der Waals surface area contributed by atoms with E-state index in [4.69, 9.17) is 4.74 Å². The second-order valence-corrected chi connectivity index (χ2v) is 6.22. The van der Waals surface area contributed by atoms with Crippen LogP contribution >= 0.6 is 0 Å². The van der Waals surface area contributed by atoms with E-state index < -0.39 is 0 Å². The molecule has 18 heavy (non-hydrogen) atoms. The number of ether oxygens (including phenoxy) is 1. The molecule has 2 rings (SSSR count). The Morgan fingerprint density at radius 2 is 1.94 bits per heavy atom. The fourth-order valence-electron chi connectivity index (χ4n) is 2.89. The Morgan fingerprint density at radius 3 is 2.44 bits per heavy atom. The van der Waals surface area contributed by atoms with Gasteiger partial charge in [0.05, 0.1) is 11.2 Å². The number of aromatic nitrogens is 1. The fourth-order valence-corrected chi connectivity index (χ4v) is 2.89. The molecule has 2 heterocycles. The second kappa shape index (κ2) is 4.47. The maximum Gasteiger partial charge on any atom is 0.143 e. The van der Waals surface area contributed by atoms with Gasteiger partial charge in [-0.25, -0.2) is 0 Å².